The SMILES string of the molecule is CCOC(=O)c1cn[nH]c1S(=O)(=O)N1CCC[C@@H](C)C1. The molecule has 1 aromatic heterocycles. The number of ether oxygens (including phenoxy) is 1. The zero-order chi connectivity index (χ0) is 14.8. The van der Waals surface area contributed by atoms with Crippen LogP contribution in [0.4, 0.5) is 0 Å². The Labute approximate surface area is 118 Å². The Morgan fingerprint density at radius 3 is 3.00 bits per heavy atom. The predicted molar refractivity (Wildman–Crippen MR) is 71.7 cm³/mol. The van der Waals surface area contributed by atoms with Crippen molar-refractivity contribution in [1.82, 2.24) is 14.5 Å². The third kappa shape index (κ3) is 2.85. The minimum Gasteiger partial charge on any atom is -0.462 e. The summed E-state index contributed by atoms with van der Waals surface area (Å²) in [7, 11) is -3.73. The topological polar surface area (TPSA) is 92.4 Å². The Kier molecular flexibility index (Phi) is 4.44. The zero-order valence-corrected chi connectivity index (χ0v) is 12.4. The molecule has 0 aromatic carbocycles. The van der Waals surface area contributed by atoms with Crippen molar-refractivity contribution in [1.29, 1.82) is 0 Å². The van der Waals surface area contributed by atoms with Gasteiger partial charge in [-0.2, -0.15) is 9.40 Å². The summed E-state index contributed by atoms with van der Waals surface area (Å²) in [6.07, 6.45) is 3.03. The summed E-state index contributed by atoms with van der Waals surface area (Å²) in [6, 6.07) is 0. The van der Waals surface area contributed by atoms with E-state index in [1.165, 1.54) is 10.5 Å². The molecule has 0 saturated carbocycles. The summed E-state index contributed by atoms with van der Waals surface area (Å²) in [4.78, 5) is 11.8. The molecule has 1 atom stereocenters. The molecule has 8 heteroatoms. The Morgan fingerprint density at radius 1 is 1.60 bits per heavy atom. The van der Waals surface area contributed by atoms with Gasteiger partial charge in [-0.3, -0.25) is 5.10 Å². The number of aromatic nitrogens is 2. The van der Waals surface area contributed by atoms with E-state index in [9.17, 15) is 13.2 Å². The number of H-pyrrole nitrogens is 1. The van der Waals surface area contributed by atoms with Crippen molar-refractivity contribution in [3.05, 3.63) is 11.8 Å². The summed E-state index contributed by atoms with van der Waals surface area (Å²) in [6.45, 7) is 4.79. The van der Waals surface area contributed by atoms with Crippen LogP contribution in [0.1, 0.15) is 37.0 Å². The van der Waals surface area contributed by atoms with E-state index in [1.54, 1.807) is 6.92 Å². The second-order valence-corrected chi connectivity index (χ2v) is 6.82. The highest BCUT2D eigenvalue weighted by molar-refractivity contribution is 7.89. The number of hydrogen-bond donors (Lipinski definition) is 1. The van der Waals surface area contributed by atoms with Gasteiger partial charge in [0.1, 0.15) is 5.56 Å². The largest absolute Gasteiger partial charge is 0.462 e. The fourth-order valence-corrected chi connectivity index (χ4v) is 3.98. The van der Waals surface area contributed by atoms with E-state index >= 15 is 0 Å². The number of aromatic amines is 1. The van der Waals surface area contributed by atoms with E-state index in [0.717, 1.165) is 12.8 Å². The summed E-state index contributed by atoms with van der Waals surface area (Å²) in [5.41, 5.74) is -0.0370. The van der Waals surface area contributed by atoms with Crippen LogP contribution in [0.3, 0.4) is 0 Å². The molecule has 20 heavy (non-hydrogen) atoms. The maximum atomic E-state index is 12.6. The third-order valence-electron chi connectivity index (χ3n) is 3.32. The molecule has 1 aliphatic rings. The number of carbonyl (C=O) groups is 1. The molecule has 1 saturated heterocycles. The van der Waals surface area contributed by atoms with Crippen LogP contribution in [0.25, 0.3) is 0 Å². The Morgan fingerprint density at radius 2 is 2.35 bits per heavy atom. The van der Waals surface area contributed by atoms with Crippen LogP contribution >= 0.6 is 0 Å². The second-order valence-electron chi connectivity index (χ2n) is 4.94. The van der Waals surface area contributed by atoms with Gasteiger partial charge in [0, 0.05) is 13.1 Å². The number of esters is 1. The van der Waals surface area contributed by atoms with Crippen LogP contribution in [0.15, 0.2) is 11.2 Å². The van der Waals surface area contributed by atoms with Gasteiger partial charge in [-0.15, -0.1) is 0 Å². The number of piperidine rings is 1. The highest BCUT2D eigenvalue weighted by Gasteiger charge is 2.33. The number of nitrogens with zero attached hydrogens (tertiary/aromatic N) is 2. The van der Waals surface area contributed by atoms with Crippen molar-refractivity contribution in [2.24, 2.45) is 5.92 Å². The van der Waals surface area contributed by atoms with Gasteiger partial charge in [0.25, 0.3) is 10.0 Å². The quantitative estimate of drug-likeness (QED) is 0.838. The van der Waals surface area contributed by atoms with Crippen LogP contribution < -0.4 is 0 Å². The van der Waals surface area contributed by atoms with Crippen molar-refractivity contribution in [3.8, 4) is 0 Å². The van der Waals surface area contributed by atoms with Crippen LogP contribution in [-0.4, -0.2) is 48.6 Å². The van der Waals surface area contributed by atoms with Gasteiger partial charge in [0.05, 0.1) is 12.8 Å². The Hall–Kier alpha value is -1.41. The molecular formula is C12H19N3O4S. The van der Waals surface area contributed by atoms with Crippen molar-refractivity contribution >= 4 is 16.0 Å². The van der Waals surface area contributed by atoms with Crippen molar-refractivity contribution in [3.63, 3.8) is 0 Å². The molecule has 1 aliphatic heterocycles. The lowest BCUT2D eigenvalue weighted by Gasteiger charge is -2.29. The smallest absolute Gasteiger partial charge is 0.342 e. The van der Waals surface area contributed by atoms with E-state index in [1.807, 2.05) is 6.92 Å². The first-order valence-electron chi connectivity index (χ1n) is 6.67. The summed E-state index contributed by atoms with van der Waals surface area (Å²) < 4.78 is 31.4. The lowest BCUT2D eigenvalue weighted by molar-refractivity contribution is 0.0521. The first kappa shape index (κ1) is 15.0. The van der Waals surface area contributed by atoms with Crippen LogP contribution in [0.5, 0.6) is 0 Å². The molecule has 0 spiro atoms. The minimum atomic E-state index is -3.73. The number of rotatable bonds is 4. The fourth-order valence-electron chi connectivity index (χ4n) is 2.32. The van der Waals surface area contributed by atoms with Gasteiger partial charge in [-0.05, 0) is 25.7 Å². The normalized spacial score (nSPS) is 20.8. The third-order valence-corrected chi connectivity index (χ3v) is 5.16. The summed E-state index contributed by atoms with van der Waals surface area (Å²) >= 11 is 0. The van der Waals surface area contributed by atoms with E-state index in [2.05, 4.69) is 10.2 Å². The van der Waals surface area contributed by atoms with Gasteiger partial charge >= 0.3 is 5.97 Å². The predicted octanol–water partition coefficient (Wildman–Crippen LogP) is 1.01. The van der Waals surface area contributed by atoms with Crippen molar-refractivity contribution in [2.75, 3.05) is 19.7 Å². The number of nitrogens with one attached hydrogen (secondary N) is 1. The summed E-state index contributed by atoms with van der Waals surface area (Å²) in [5, 5.41) is 5.92. The monoisotopic (exact) mass is 301 g/mol. The molecule has 0 unspecified atom stereocenters. The molecule has 1 fully saturated rings. The average Bonchev–Trinajstić information content (AvgIpc) is 2.89. The maximum Gasteiger partial charge on any atom is 0.342 e. The first-order chi connectivity index (χ1) is 9.46. The van der Waals surface area contributed by atoms with Crippen molar-refractivity contribution < 1.29 is 17.9 Å². The molecule has 0 aliphatic carbocycles. The Balaban J connectivity index is 2.30. The molecule has 1 aromatic rings. The molecule has 2 heterocycles. The van der Waals surface area contributed by atoms with E-state index in [-0.39, 0.29) is 17.2 Å². The highest BCUT2D eigenvalue weighted by Crippen LogP contribution is 2.24. The lowest BCUT2D eigenvalue weighted by Crippen LogP contribution is -2.39. The van der Waals surface area contributed by atoms with Gasteiger partial charge in [0.2, 0.25) is 0 Å². The molecule has 0 radical (unpaired) electrons. The van der Waals surface area contributed by atoms with E-state index < -0.39 is 16.0 Å². The Bertz CT molecular complexity index is 581. The second kappa shape index (κ2) is 5.92. The maximum absolute atomic E-state index is 12.6. The number of carbonyl (C=O) groups excluding carboxylic acids is 1. The summed E-state index contributed by atoms with van der Waals surface area (Å²) in [5.74, 6) is -0.364. The average molecular weight is 301 g/mol. The minimum absolute atomic E-state index is 0.0370. The fraction of sp³-hybridized carbons (Fsp3) is 0.667. The van der Waals surface area contributed by atoms with Crippen LogP contribution in [0.2, 0.25) is 0 Å². The number of hydrogen-bond acceptors (Lipinski definition) is 5. The molecule has 1 N–H and O–H groups in total. The lowest BCUT2D eigenvalue weighted by atomic mass is 10.0. The van der Waals surface area contributed by atoms with E-state index in [0.29, 0.717) is 19.0 Å². The molecule has 2 rings (SSSR count). The highest BCUT2D eigenvalue weighted by atomic mass is 32.2. The molecule has 7 nitrogen and oxygen atoms in total. The molecule has 0 amide bonds. The molecule has 0 bridgehead atoms. The first-order valence-corrected chi connectivity index (χ1v) is 8.11. The van der Waals surface area contributed by atoms with Crippen molar-refractivity contribution in [2.45, 2.75) is 31.7 Å². The van der Waals surface area contributed by atoms with Gasteiger partial charge in [-0.25, -0.2) is 13.2 Å². The van der Waals surface area contributed by atoms with E-state index in [4.69, 9.17) is 4.74 Å². The van der Waals surface area contributed by atoms with Crippen LogP contribution in [0, 0.1) is 5.92 Å². The molecular weight excluding hydrogens is 282 g/mol. The number of sulfonamides is 1. The van der Waals surface area contributed by atoms with Crippen LogP contribution in [-0.2, 0) is 14.8 Å². The molecule has 112 valence electrons. The van der Waals surface area contributed by atoms with Gasteiger partial charge in [0.15, 0.2) is 5.03 Å². The van der Waals surface area contributed by atoms with Gasteiger partial charge < -0.3 is 4.74 Å². The zero-order valence-electron chi connectivity index (χ0n) is 11.6. The standard InChI is InChI=1S/C12H19N3O4S/c1-3-19-12(16)10-7-13-14-11(10)20(17,18)15-6-4-5-9(2)8-15/h7,9H,3-6,8H2,1-2H3,(H,13,14)/t9-/m1/s1. The van der Waals surface area contributed by atoms with Gasteiger partial charge in [-0.1, -0.05) is 6.92 Å².